The Hall–Kier alpha value is -2.70. The molecule has 0 unspecified atom stereocenters. The van der Waals surface area contributed by atoms with Crippen LogP contribution < -0.4 is 4.90 Å². The molecule has 2 aliphatic heterocycles. The minimum Gasteiger partial charge on any atom is -0.378 e. The molecule has 1 fully saturated rings. The number of rotatable bonds is 3. The SMILES string of the molecule is O=C1C(c2ccc(F)cc2)=C(N2CCOCC2)C(=O)N1c1ccc(Cl)cc1. The zero-order chi connectivity index (χ0) is 19.0. The first-order valence-electron chi connectivity index (χ1n) is 8.53. The van der Waals surface area contributed by atoms with Crippen molar-refractivity contribution in [2.75, 3.05) is 31.2 Å². The summed E-state index contributed by atoms with van der Waals surface area (Å²) in [6.07, 6.45) is 0. The molecule has 4 rings (SSSR count). The van der Waals surface area contributed by atoms with E-state index in [0.717, 1.165) is 4.90 Å². The van der Waals surface area contributed by atoms with Crippen LogP contribution in [0.3, 0.4) is 0 Å². The van der Waals surface area contributed by atoms with E-state index in [1.807, 2.05) is 4.90 Å². The smallest absolute Gasteiger partial charge is 0.282 e. The fraction of sp³-hybridized carbons (Fsp3) is 0.200. The molecular formula is C20H16ClFN2O3. The van der Waals surface area contributed by atoms with Gasteiger partial charge in [-0.3, -0.25) is 9.59 Å². The Morgan fingerprint density at radius 1 is 0.889 bits per heavy atom. The first-order valence-corrected chi connectivity index (χ1v) is 8.91. The van der Waals surface area contributed by atoms with Crippen molar-refractivity contribution in [3.05, 3.63) is 70.6 Å². The molecule has 2 amide bonds. The second-order valence-electron chi connectivity index (χ2n) is 6.25. The predicted octanol–water partition coefficient (Wildman–Crippen LogP) is 3.10. The number of hydrogen-bond acceptors (Lipinski definition) is 4. The molecule has 5 nitrogen and oxygen atoms in total. The monoisotopic (exact) mass is 386 g/mol. The molecule has 0 spiro atoms. The average molecular weight is 387 g/mol. The summed E-state index contributed by atoms with van der Waals surface area (Å²) in [5, 5.41) is 0.512. The molecule has 0 aliphatic carbocycles. The Balaban J connectivity index is 1.81. The van der Waals surface area contributed by atoms with E-state index in [4.69, 9.17) is 16.3 Å². The number of ether oxygens (including phenoxy) is 1. The average Bonchev–Trinajstić information content (AvgIpc) is 2.94. The molecule has 0 saturated carbocycles. The summed E-state index contributed by atoms with van der Waals surface area (Å²) >= 11 is 5.92. The van der Waals surface area contributed by atoms with Gasteiger partial charge in [0.05, 0.1) is 24.5 Å². The van der Waals surface area contributed by atoms with E-state index in [9.17, 15) is 14.0 Å². The van der Waals surface area contributed by atoms with Gasteiger partial charge in [-0.1, -0.05) is 23.7 Å². The largest absolute Gasteiger partial charge is 0.378 e. The molecule has 0 atom stereocenters. The van der Waals surface area contributed by atoms with Gasteiger partial charge in [-0.15, -0.1) is 0 Å². The molecular weight excluding hydrogens is 371 g/mol. The second-order valence-corrected chi connectivity index (χ2v) is 6.69. The van der Waals surface area contributed by atoms with Crippen molar-refractivity contribution in [2.45, 2.75) is 0 Å². The van der Waals surface area contributed by atoms with Crippen molar-refractivity contribution in [2.24, 2.45) is 0 Å². The maximum absolute atomic E-state index is 13.4. The van der Waals surface area contributed by atoms with Crippen LogP contribution in [0.5, 0.6) is 0 Å². The number of nitrogens with zero attached hydrogens (tertiary/aromatic N) is 2. The highest BCUT2D eigenvalue weighted by Gasteiger charge is 2.42. The highest BCUT2D eigenvalue weighted by molar-refractivity contribution is 6.45. The topological polar surface area (TPSA) is 49.9 Å². The van der Waals surface area contributed by atoms with E-state index in [0.29, 0.717) is 48.3 Å². The Kier molecular flexibility index (Phi) is 4.68. The van der Waals surface area contributed by atoms with Crippen LogP contribution in [0.15, 0.2) is 54.2 Å². The summed E-state index contributed by atoms with van der Waals surface area (Å²) in [5.41, 5.74) is 1.55. The van der Waals surface area contributed by atoms with Crippen LogP contribution in [-0.2, 0) is 14.3 Å². The van der Waals surface area contributed by atoms with Crippen LogP contribution in [0.25, 0.3) is 5.57 Å². The van der Waals surface area contributed by atoms with Crippen molar-refractivity contribution in [1.29, 1.82) is 0 Å². The Morgan fingerprint density at radius 2 is 1.52 bits per heavy atom. The van der Waals surface area contributed by atoms with Gasteiger partial charge in [-0.25, -0.2) is 9.29 Å². The van der Waals surface area contributed by atoms with Crippen LogP contribution in [0.1, 0.15) is 5.56 Å². The lowest BCUT2D eigenvalue weighted by Crippen LogP contribution is -2.40. The number of hydrogen-bond donors (Lipinski definition) is 0. The normalized spacial score (nSPS) is 17.9. The second kappa shape index (κ2) is 7.13. The number of halogens is 2. The molecule has 2 aromatic rings. The van der Waals surface area contributed by atoms with Gasteiger partial charge in [-0.05, 0) is 42.0 Å². The molecule has 2 aromatic carbocycles. The molecule has 27 heavy (non-hydrogen) atoms. The Labute approximate surface area is 160 Å². The van der Waals surface area contributed by atoms with E-state index in [2.05, 4.69) is 0 Å². The van der Waals surface area contributed by atoms with Gasteiger partial charge in [0.1, 0.15) is 11.5 Å². The number of carbonyl (C=O) groups is 2. The number of benzene rings is 2. The van der Waals surface area contributed by atoms with Crippen LogP contribution in [0, 0.1) is 5.82 Å². The maximum atomic E-state index is 13.4. The molecule has 0 N–H and O–H groups in total. The fourth-order valence-electron chi connectivity index (χ4n) is 3.30. The predicted molar refractivity (Wildman–Crippen MR) is 99.7 cm³/mol. The first-order chi connectivity index (χ1) is 13.1. The summed E-state index contributed by atoms with van der Waals surface area (Å²) < 4.78 is 18.7. The summed E-state index contributed by atoms with van der Waals surface area (Å²) in [6, 6.07) is 12.1. The number of anilines is 1. The van der Waals surface area contributed by atoms with Gasteiger partial charge >= 0.3 is 0 Å². The minimum absolute atomic E-state index is 0.275. The van der Waals surface area contributed by atoms with Crippen molar-refractivity contribution in [3.8, 4) is 0 Å². The summed E-state index contributed by atoms with van der Waals surface area (Å²) in [4.78, 5) is 29.4. The quantitative estimate of drug-likeness (QED) is 0.761. The van der Waals surface area contributed by atoms with E-state index >= 15 is 0 Å². The fourth-order valence-corrected chi connectivity index (χ4v) is 3.43. The molecule has 1 saturated heterocycles. The van der Waals surface area contributed by atoms with Crippen LogP contribution in [-0.4, -0.2) is 43.0 Å². The van der Waals surface area contributed by atoms with Gasteiger partial charge in [0.25, 0.3) is 11.8 Å². The molecule has 138 valence electrons. The molecule has 0 aromatic heterocycles. The summed E-state index contributed by atoms with van der Waals surface area (Å²) in [5.74, 6) is -1.24. The molecule has 0 radical (unpaired) electrons. The summed E-state index contributed by atoms with van der Waals surface area (Å²) in [6.45, 7) is 1.96. The third-order valence-corrected chi connectivity index (χ3v) is 4.86. The van der Waals surface area contributed by atoms with E-state index < -0.39 is 17.6 Å². The highest BCUT2D eigenvalue weighted by atomic mass is 35.5. The van der Waals surface area contributed by atoms with Gasteiger partial charge < -0.3 is 9.64 Å². The Morgan fingerprint density at radius 3 is 2.15 bits per heavy atom. The third-order valence-electron chi connectivity index (χ3n) is 4.60. The first kappa shape index (κ1) is 17.7. The maximum Gasteiger partial charge on any atom is 0.282 e. The van der Waals surface area contributed by atoms with Gasteiger partial charge in [0, 0.05) is 18.1 Å². The molecule has 0 bridgehead atoms. The zero-order valence-electron chi connectivity index (χ0n) is 14.3. The molecule has 7 heteroatoms. The van der Waals surface area contributed by atoms with Gasteiger partial charge in [0.2, 0.25) is 0 Å². The van der Waals surface area contributed by atoms with Gasteiger partial charge in [0.15, 0.2) is 0 Å². The standard InChI is InChI=1S/C20H16ClFN2O3/c21-14-3-7-16(8-4-14)24-19(25)17(13-1-5-15(22)6-2-13)18(20(24)26)23-9-11-27-12-10-23/h1-8H,9-12H2. The van der Waals surface area contributed by atoms with Crippen LogP contribution in [0.4, 0.5) is 10.1 Å². The van der Waals surface area contributed by atoms with Crippen molar-refractivity contribution in [3.63, 3.8) is 0 Å². The number of carbonyl (C=O) groups excluding carboxylic acids is 2. The lowest BCUT2D eigenvalue weighted by Gasteiger charge is -2.29. The van der Waals surface area contributed by atoms with Crippen molar-refractivity contribution < 1.29 is 18.7 Å². The van der Waals surface area contributed by atoms with Crippen LogP contribution in [0.2, 0.25) is 5.02 Å². The molecule has 2 aliphatic rings. The highest BCUT2D eigenvalue weighted by Crippen LogP contribution is 2.35. The lowest BCUT2D eigenvalue weighted by atomic mass is 10.0. The van der Waals surface area contributed by atoms with Crippen LogP contribution >= 0.6 is 11.6 Å². The number of imide groups is 1. The van der Waals surface area contributed by atoms with Gasteiger partial charge in [-0.2, -0.15) is 0 Å². The third kappa shape index (κ3) is 3.22. The minimum atomic E-state index is -0.435. The van der Waals surface area contributed by atoms with E-state index in [1.165, 1.54) is 24.3 Å². The van der Waals surface area contributed by atoms with E-state index in [1.54, 1.807) is 24.3 Å². The zero-order valence-corrected chi connectivity index (χ0v) is 15.1. The number of amides is 2. The molecule has 2 heterocycles. The van der Waals surface area contributed by atoms with Crippen molar-refractivity contribution >= 4 is 34.7 Å². The summed E-state index contributed by atoms with van der Waals surface area (Å²) in [7, 11) is 0. The lowest BCUT2D eigenvalue weighted by molar-refractivity contribution is -0.121. The Bertz CT molecular complexity index is 919. The van der Waals surface area contributed by atoms with E-state index in [-0.39, 0.29) is 5.57 Å². The van der Waals surface area contributed by atoms with Crippen molar-refractivity contribution in [1.82, 2.24) is 4.90 Å². The number of morpholine rings is 1.